The molecule has 16 heavy (non-hydrogen) atoms. The molecular weight excluding hydrogens is 204 g/mol. The van der Waals surface area contributed by atoms with E-state index in [1.165, 1.54) is 0 Å². The van der Waals surface area contributed by atoms with Crippen molar-refractivity contribution >= 4 is 5.91 Å². The second kappa shape index (κ2) is 6.86. The Labute approximate surface area is 97.9 Å². The van der Waals surface area contributed by atoms with Crippen LogP contribution < -0.4 is 11.1 Å². The zero-order valence-electron chi connectivity index (χ0n) is 10.4. The number of nitrogens with one attached hydrogen (secondary N) is 1. The number of hydrogen-bond acceptors (Lipinski definition) is 3. The van der Waals surface area contributed by atoms with E-state index in [0.29, 0.717) is 0 Å². The Balaban J connectivity index is 2.32. The summed E-state index contributed by atoms with van der Waals surface area (Å²) in [6, 6.07) is -0.205. The molecule has 2 unspecified atom stereocenters. The van der Waals surface area contributed by atoms with Crippen LogP contribution in [0.25, 0.3) is 0 Å². The fourth-order valence-electron chi connectivity index (χ4n) is 2.22. The highest BCUT2D eigenvalue weighted by Gasteiger charge is 2.29. The van der Waals surface area contributed by atoms with Crippen LogP contribution in [0.4, 0.5) is 0 Å². The van der Waals surface area contributed by atoms with Crippen molar-refractivity contribution in [3.8, 4) is 0 Å². The zero-order valence-corrected chi connectivity index (χ0v) is 10.4. The third kappa shape index (κ3) is 3.76. The number of unbranched alkanes of at least 4 members (excludes halogenated alkanes) is 1. The van der Waals surface area contributed by atoms with E-state index in [4.69, 9.17) is 10.5 Å². The minimum Gasteiger partial charge on any atom is -0.379 e. The Kier molecular flexibility index (Phi) is 5.77. The molecule has 1 saturated carbocycles. The van der Waals surface area contributed by atoms with Crippen molar-refractivity contribution in [2.45, 2.75) is 63.6 Å². The largest absolute Gasteiger partial charge is 0.379 e. The van der Waals surface area contributed by atoms with Crippen molar-refractivity contribution in [1.82, 2.24) is 5.32 Å². The van der Waals surface area contributed by atoms with Crippen LogP contribution in [-0.4, -0.2) is 31.2 Å². The van der Waals surface area contributed by atoms with E-state index in [-0.39, 0.29) is 24.1 Å². The standard InChI is InChI=1S/C12H24N2O2/c1-3-4-6-9(13)12(15)14-10-7-5-8-11(10)16-2/h9-11H,3-8,13H2,1-2H3,(H,14,15)/t9-,10?,11?/m0/s1. The molecule has 1 fully saturated rings. The van der Waals surface area contributed by atoms with Crippen molar-refractivity contribution in [3.05, 3.63) is 0 Å². The maximum atomic E-state index is 11.8. The van der Waals surface area contributed by atoms with E-state index in [1.54, 1.807) is 7.11 Å². The smallest absolute Gasteiger partial charge is 0.237 e. The lowest BCUT2D eigenvalue weighted by atomic mass is 10.1. The van der Waals surface area contributed by atoms with Gasteiger partial charge in [0.25, 0.3) is 0 Å². The molecule has 1 aliphatic rings. The number of methoxy groups -OCH3 is 1. The topological polar surface area (TPSA) is 64.4 Å². The fourth-order valence-corrected chi connectivity index (χ4v) is 2.22. The van der Waals surface area contributed by atoms with Crippen LogP contribution >= 0.6 is 0 Å². The minimum absolute atomic E-state index is 0.0256. The Bertz CT molecular complexity index is 221. The quantitative estimate of drug-likeness (QED) is 0.717. The van der Waals surface area contributed by atoms with Crippen LogP contribution in [0, 0.1) is 0 Å². The molecular formula is C12H24N2O2. The average molecular weight is 228 g/mol. The zero-order chi connectivity index (χ0) is 12.0. The van der Waals surface area contributed by atoms with Gasteiger partial charge in [-0.25, -0.2) is 0 Å². The van der Waals surface area contributed by atoms with Crippen LogP contribution in [0.15, 0.2) is 0 Å². The minimum atomic E-state index is -0.363. The first-order valence-corrected chi connectivity index (χ1v) is 6.27. The lowest BCUT2D eigenvalue weighted by Gasteiger charge is -2.21. The van der Waals surface area contributed by atoms with Gasteiger partial charge in [0.2, 0.25) is 5.91 Å². The SMILES string of the molecule is CCCC[C@H](N)C(=O)NC1CCCC1OC. The normalized spacial score (nSPS) is 26.7. The summed E-state index contributed by atoms with van der Waals surface area (Å²) >= 11 is 0. The second-order valence-electron chi connectivity index (χ2n) is 4.57. The summed E-state index contributed by atoms with van der Waals surface area (Å²) in [6.07, 6.45) is 6.18. The predicted octanol–water partition coefficient (Wildman–Crippen LogP) is 1.19. The molecule has 4 nitrogen and oxygen atoms in total. The second-order valence-corrected chi connectivity index (χ2v) is 4.57. The molecule has 0 spiro atoms. The van der Waals surface area contributed by atoms with E-state index < -0.39 is 0 Å². The highest BCUT2D eigenvalue weighted by molar-refractivity contribution is 5.81. The van der Waals surface area contributed by atoms with Crippen LogP contribution in [-0.2, 0) is 9.53 Å². The van der Waals surface area contributed by atoms with Gasteiger partial charge in [-0.05, 0) is 25.7 Å². The number of carbonyl (C=O) groups is 1. The van der Waals surface area contributed by atoms with E-state index in [1.807, 2.05) is 0 Å². The average Bonchev–Trinajstić information content (AvgIpc) is 2.72. The van der Waals surface area contributed by atoms with Crippen LogP contribution in [0.1, 0.15) is 45.4 Å². The lowest BCUT2D eigenvalue weighted by Crippen LogP contribution is -2.48. The summed E-state index contributed by atoms with van der Waals surface area (Å²) in [7, 11) is 1.70. The van der Waals surface area contributed by atoms with Crippen molar-refractivity contribution in [2.24, 2.45) is 5.73 Å². The molecule has 0 aromatic heterocycles. The molecule has 4 heteroatoms. The highest BCUT2D eigenvalue weighted by atomic mass is 16.5. The summed E-state index contributed by atoms with van der Waals surface area (Å²) in [5.74, 6) is -0.0256. The van der Waals surface area contributed by atoms with Gasteiger partial charge in [-0.1, -0.05) is 19.8 Å². The predicted molar refractivity (Wildman–Crippen MR) is 64.1 cm³/mol. The van der Waals surface area contributed by atoms with Gasteiger partial charge >= 0.3 is 0 Å². The number of carbonyl (C=O) groups excluding carboxylic acids is 1. The van der Waals surface area contributed by atoms with Gasteiger partial charge in [0, 0.05) is 7.11 Å². The molecule has 1 amide bonds. The molecule has 0 aromatic carbocycles. The van der Waals surface area contributed by atoms with E-state index in [9.17, 15) is 4.79 Å². The first kappa shape index (κ1) is 13.5. The molecule has 0 heterocycles. The molecule has 0 saturated heterocycles. The first-order valence-electron chi connectivity index (χ1n) is 6.27. The van der Waals surface area contributed by atoms with Crippen LogP contribution in [0.2, 0.25) is 0 Å². The van der Waals surface area contributed by atoms with Gasteiger partial charge in [0.15, 0.2) is 0 Å². The van der Waals surface area contributed by atoms with Crippen LogP contribution in [0.3, 0.4) is 0 Å². The summed E-state index contributed by atoms with van der Waals surface area (Å²) in [5, 5.41) is 3.00. The maximum Gasteiger partial charge on any atom is 0.237 e. The number of ether oxygens (including phenoxy) is 1. The van der Waals surface area contributed by atoms with E-state index in [2.05, 4.69) is 12.2 Å². The Morgan fingerprint density at radius 3 is 2.94 bits per heavy atom. The summed E-state index contributed by atoms with van der Waals surface area (Å²) < 4.78 is 5.33. The molecule has 3 atom stereocenters. The molecule has 94 valence electrons. The lowest BCUT2D eigenvalue weighted by molar-refractivity contribution is -0.124. The van der Waals surface area contributed by atoms with E-state index in [0.717, 1.165) is 38.5 Å². The summed E-state index contributed by atoms with van der Waals surface area (Å²) in [5.41, 5.74) is 5.82. The van der Waals surface area contributed by atoms with Gasteiger partial charge in [0.1, 0.15) is 0 Å². The van der Waals surface area contributed by atoms with Gasteiger partial charge in [0.05, 0.1) is 18.2 Å². The molecule has 0 aromatic rings. The van der Waals surface area contributed by atoms with Gasteiger partial charge < -0.3 is 15.8 Å². The monoisotopic (exact) mass is 228 g/mol. The Morgan fingerprint density at radius 2 is 2.31 bits per heavy atom. The number of rotatable bonds is 6. The molecule has 0 aliphatic heterocycles. The molecule has 0 radical (unpaired) electrons. The van der Waals surface area contributed by atoms with Gasteiger partial charge in [-0.15, -0.1) is 0 Å². The summed E-state index contributed by atoms with van der Waals surface area (Å²) in [4.78, 5) is 11.8. The van der Waals surface area contributed by atoms with Crippen molar-refractivity contribution < 1.29 is 9.53 Å². The number of nitrogens with two attached hydrogens (primary N) is 1. The molecule has 0 bridgehead atoms. The van der Waals surface area contributed by atoms with Crippen LogP contribution in [0.5, 0.6) is 0 Å². The first-order chi connectivity index (χ1) is 7.69. The summed E-state index contributed by atoms with van der Waals surface area (Å²) in [6.45, 7) is 2.10. The molecule has 1 aliphatic carbocycles. The number of amides is 1. The fraction of sp³-hybridized carbons (Fsp3) is 0.917. The maximum absolute atomic E-state index is 11.8. The van der Waals surface area contributed by atoms with Crippen molar-refractivity contribution in [2.75, 3.05) is 7.11 Å². The van der Waals surface area contributed by atoms with Crippen molar-refractivity contribution in [3.63, 3.8) is 0 Å². The number of hydrogen-bond donors (Lipinski definition) is 2. The third-order valence-corrected chi connectivity index (χ3v) is 3.29. The molecule has 3 N–H and O–H groups in total. The van der Waals surface area contributed by atoms with Gasteiger partial charge in [-0.2, -0.15) is 0 Å². The molecule has 1 rings (SSSR count). The van der Waals surface area contributed by atoms with Crippen molar-refractivity contribution in [1.29, 1.82) is 0 Å². The third-order valence-electron chi connectivity index (χ3n) is 3.29. The highest BCUT2D eigenvalue weighted by Crippen LogP contribution is 2.21. The Hall–Kier alpha value is -0.610. The Morgan fingerprint density at radius 1 is 1.56 bits per heavy atom. The van der Waals surface area contributed by atoms with Gasteiger partial charge in [-0.3, -0.25) is 4.79 Å². The van der Waals surface area contributed by atoms with E-state index >= 15 is 0 Å².